The SMILES string of the molecule is C=C(CCNC(=O)Nc1ccc(Cl)cc1O)NC(=O)NOc1ccc(Cl)c(F)c1. The molecule has 11 heteroatoms. The lowest BCUT2D eigenvalue weighted by molar-refractivity contribution is 0.179. The zero-order valence-corrected chi connectivity index (χ0v) is 16.4. The van der Waals surface area contributed by atoms with Crippen molar-refractivity contribution in [2.75, 3.05) is 11.9 Å². The van der Waals surface area contributed by atoms with Gasteiger partial charge < -0.3 is 25.9 Å². The van der Waals surface area contributed by atoms with E-state index in [2.05, 4.69) is 28.0 Å². The van der Waals surface area contributed by atoms with Crippen LogP contribution >= 0.6 is 23.2 Å². The topological polar surface area (TPSA) is 112 Å². The first-order valence-electron chi connectivity index (χ1n) is 8.14. The fraction of sp³-hybridized carbons (Fsp3) is 0.111. The van der Waals surface area contributed by atoms with Crippen LogP contribution in [0, 0.1) is 5.82 Å². The number of halogens is 3. The van der Waals surface area contributed by atoms with E-state index < -0.39 is 17.9 Å². The number of nitrogens with one attached hydrogen (secondary N) is 4. The zero-order valence-electron chi connectivity index (χ0n) is 14.9. The molecular formula is C18H17Cl2FN4O4. The Kier molecular flexibility index (Phi) is 7.93. The number of carbonyl (C=O) groups is 2. The molecule has 154 valence electrons. The summed E-state index contributed by atoms with van der Waals surface area (Å²) in [6, 6.07) is 6.64. The molecular weight excluding hydrogens is 426 g/mol. The minimum absolute atomic E-state index is 0.0523. The van der Waals surface area contributed by atoms with Crippen molar-refractivity contribution in [1.82, 2.24) is 16.1 Å². The van der Waals surface area contributed by atoms with Gasteiger partial charge in [0.15, 0.2) is 5.75 Å². The fourth-order valence-electron chi connectivity index (χ4n) is 2.00. The van der Waals surface area contributed by atoms with E-state index in [0.717, 1.165) is 6.07 Å². The van der Waals surface area contributed by atoms with Crippen LogP contribution in [-0.2, 0) is 0 Å². The van der Waals surface area contributed by atoms with Gasteiger partial charge in [-0.05, 0) is 24.3 Å². The summed E-state index contributed by atoms with van der Waals surface area (Å²) in [4.78, 5) is 28.4. The number of phenols is 1. The van der Waals surface area contributed by atoms with Crippen LogP contribution < -0.4 is 26.3 Å². The molecule has 0 unspecified atom stereocenters. The van der Waals surface area contributed by atoms with Gasteiger partial charge >= 0.3 is 12.1 Å². The van der Waals surface area contributed by atoms with E-state index in [9.17, 15) is 19.1 Å². The maximum Gasteiger partial charge on any atom is 0.352 e. The lowest BCUT2D eigenvalue weighted by Gasteiger charge is -2.12. The third-order valence-electron chi connectivity index (χ3n) is 3.36. The van der Waals surface area contributed by atoms with E-state index in [1.54, 1.807) is 0 Å². The molecule has 5 N–H and O–H groups in total. The second-order valence-corrected chi connectivity index (χ2v) is 6.47. The van der Waals surface area contributed by atoms with Crippen LogP contribution in [0.25, 0.3) is 0 Å². The summed E-state index contributed by atoms with van der Waals surface area (Å²) in [6.07, 6.45) is 0.225. The van der Waals surface area contributed by atoms with Crippen LogP contribution in [0.1, 0.15) is 6.42 Å². The third-order valence-corrected chi connectivity index (χ3v) is 3.90. The van der Waals surface area contributed by atoms with Crippen molar-refractivity contribution in [1.29, 1.82) is 0 Å². The molecule has 0 spiro atoms. The highest BCUT2D eigenvalue weighted by Gasteiger charge is 2.08. The second-order valence-electron chi connectivity index (χ2n) is 5.63. The molecule has 8 nitrogen and oxygen atoms in total. The fourth-order valence-corrected chi connectivity index (χ4v) is 2.28. The maximum atomic E-state index is 13.3. The Morgan fingerprint density at radius 3 is 2.59 bits per heavy atom. The van der Waals surface area contributed by atoms with E-state index in [1.165, 1.54) is 30.3 Å². The number of aromatic hydroxyl groups is 1. The Balaban J connectivity index is 1.67. The highest BCUT2D eigenvalue weighted by Crippen LogP contribution is 2.26. The van der Waals surface area contributed by atoms with Gasteiger partial charge in [0.25, 0.3) is 0 Å². The standard InChI is InChI=1S/C18H17Cl2FN4O4/c1-10(23-18(28)25-29-12-3-4-13(20)14(21)9-12)6-7-22-17(27)24-15-5-2-11(19)8-16(15)26/h2-5,8-9,26H,1,6-7H2,(H2,22,24,27)(H2,23,25,28). The van der Waals surface area contributed by atoms with Gasteiger partial charge in [0.1, 0.15) is 11.6 Å². The van der Waals surface area contributed by atoms with Gasteiger partial charge in [0, 0.05) is 35.8 Å². The summed E-state index contributed by atoms with van der Waals surface area (Å²) >= 11 is 11.3. The molecule has 2 rings (SSSR count). The number of rotatable bonds is 7. The predicted octanol–water partition coefficient (Wildman–Crippen LogP) is 4.16. The first kappa shape index (κ1) is 22.1. The molecule has 0 atom stereocenters. The van der Waals surface area contributed by atoms with Gasteiger partial charge in [0.2, 0.25) is 0 Å². The molecule has 2 aromatic rings. The maximum absolute atomic E-state index is 13.3. The second kappa shape index (κ2) is 10.4. The van der Waals surface area contributed by atoms with E-state index in [4.69, 9.17) is 28.0 Å². The van der Waals surface area contributed by atoms with E-state index in [1.807, 2.05) is 0 Å². The highest BCUT2D eigenvalue weighted by molar-refractivity contribution is 6.31. The number of amides is 4. The van der Waals surface area contributed by atoms with Crippen LogP contribution in [0.5, 0.6) is 11.5 Å². The number of benzene rings is 2. The summed E-state index contributed by atoms with van der Waals surface area (Å²) in [5.41, 5.74) is 2.55. The number of anilines is 1. The molecule has 29 heavy (non-hydrogen) atoms. The van der Waals surface area contributed by atoms with Gasteiger partial charge in [0.05, 0.1) is 10.7 Å². The molecule has 0 heterocycles. The van der Waals surface area contributed by atoms with Crippen LogP contribution in [-0.4, -0.2) is 23.7 Å². The van der Waals surface area contributed by atoms with Crippen molar-refractivity contribution >= 4 is 41.0 Å². The Bertz CT molecular complexity index is 927. The normalized spacial score (nSPS) is 10.0. The summed E-state index contributed by atoms with van der Waals surface area (Å²) < 4.78 is 13.3. The molecule has 0 aliphatic rings. The van der Waals surface area contributed by atoms with Crippen LogP contribution in [0.4, 0.5) is 19.7 Å². The Morgan fingerprint density at radius 2 is 1.90 bits per heavy atom. The Hall–Kier alpha value is -3.17. The molecule has 0 saturated carbocycles. The molecule has 0 bridgehead atoms. The molecule has 0 radical (unpaired) electrons. The van der Waals surface area contributed by atoms with Crippen LogP contribution in [0.15, 0.2) is 48.7 Å². The van der Waals surface area contributed by atoms with E-state index in [-0.39, 0.29) is 35.2 Å². The number of hydrogen-bond donors (Lipinski definition) is 5. The summed E-state index contributed by atoms with van der Waals surface area (Å²) in [5.74, 6) is -0.806. The largest absolute Gasteiger partial charge is 0.506 e. The van der Waals surface area contributed by atoms with Gasteiger partial charge in [-0.3, -0.25) is 0 Å². The van der Waals surface area contributed by atoms with E-state index in [0.29, 0.717) is 10.7 Å². The number of hydrogen-bond acceptors (Lipinski definition) is 4. The first-order valence-corrected chi connectivity index (χ1v) is 8.90. The van der Waals surface area contributed by atoms with Crippen molar-refractivity contribution < 1.29 is 23.9 Å². The van der Waals surface area contributed by atoms with Gasteiger partial charge in [-0.2, -0.15) is 5.48 Å². The van der Waals surface area contributed by atoms with Crippen molar-refractivity contribution in [2.45, 2.75) is 6.42 Å². The predicted molar refractivity (Wildman–Crippen MR) is 108 cm³/mol. The Labute approximate surface area is 175 Å². The van der Waals surface area contributed by atoms with Crippen molar-refractivity contribution in [3.63, 3.8) is 0 Å². The zero-order chi connectivity index (χ0) is 21.4. The minimum Gasteiger partial charge on any atom is -0.506 e. The number of carbonyl (C=O) groups excluding carboxylic acids is 2. The van der Waals surface area contributed by atoms with Crippen molar-refractivity contribution in [2.24, 2.45) is 0 Å². The smallest absolute Gasteiger partial charge is 0.352 e. The molecule has 0 aromatic heterocycles. The minimum atomic E-state index is -0.735. The van der Waals surface area contributed by atoms with E-state index >= 15 is 0 Å². The van der Waals surface area contributed by atoms with Crippen LogP contribution in [0.3, 0.4) is 0 Å². The molecule has 4 amide bonds. The average Bonchev–Trinajstić information content (AvgIpc) is 2.65. The molecule has 2 aromatic carbocycles. The van der Waals surface area contributed by atoms with Gasteiger partial charge in [-0.25, -0.2) is 14.0 Å². The first-order chi connectivity index (χ1) is 13.7. The third kappa shape index (κ3) is 7.40. The average molecular weight is 443 g/mol. The summed E-state index contributed by atoms with van der Waals surface area (Å²) in [6.45, 7) is 3.80. The lowest BCUT2D eigenvalue weighted by atomic mass is 10.3. The molecule has 0 aliphatic heterocycles. The van der Waals surface area contributed by atoms with Crippen molar-refractivity contribution in [3.8, 4) is 11.5 Å². The molecule has 0 fully saturated rings. The van der Waals surface area contributed by atoms with Crippen molar-refractivity contribution in [3.05, 3.63) is 64.5 Å². The lowest BCUT2D eigenvalue weighted by Crippen LogP contribution is -2.38. The molecule has 0 aliphatic carbocycles. The number of hydroxylamine groups is 1. The van der Waals surface area contributed by atoms with Crippen LogP contribution in [0.2, 0.25) is 10.0 Å². The number of urea groups is 2. The van der Waals surface area contributed by atoms with Gasteiger partial charge in [-0.15, -0.1) is 0 Å². The monoisotopic (exact) mass is 442 g/mol. The summed E-state index contributed by atoms with van der Waals surface area (Å²) in [7, 11) is 0. The quantitative estimate of drug-likeness (QED) is 0.327. The molecule has 0 saturated heterocycles. The highest BCUT2D eigenvalue weighted by atomic mass is 35.5. The van der Waals surface area contributed by atoms with Gasteiger partial charge in [-0.1, -0.05) is 29.8 Å². The number of phenolic OH excluding ortho intramolecular Hbond substituents is 1. The Morgan fingerprint density at radius 1 is 1.14 bits per heavy atom. The summed E-state index contributed by atoms with van der Waals surface area (Å²) in [5, 5.41) is 17.3.